The van der Waals surface area contributed by atoms with Crippen molar-refractivity contribution < 1.29 is 4.79 Å². The van der Waals surface area contributed by atoms with Crippen LogP contribution in [0.15, 0.2) is 42.5 Å². The van der Waals surface area contributed by atoms with Crippen LogP contribution in [-0.4, -0.2) is 18.0 Å². The molecule has 1 aliphatic carbocycles. The minimum absolute atomic E-state index is 0.0974. The van der Waals surface area contributed by atoms with Gasteiger partial charge in [0.15, 0.2) is 0 Å². The molecule has 1 fully saturated rings. The summed E-state index contributed by atoms with van der Waals surface area (Å²) in [6.07, 6.45) is 2.69. The Morgan fingerprint density at radius 1 is 1.17 bits per heavy atom. The molecule has 0 spiro atoms. The number of nitrogens with one attached hydrogen (secondary N) is 1. The Kier molecular flexibility index (Phi) is 4.40. The molecule has 2 atom stereocenters. The summed E-state index contributed by atoms with van der Waals surface area (Å²) in [5.41, 5.74) is 6.92. The molecule has 0 aromatic heterocycles. The Labute approximate surface area is 138 Å². The molecule has 0 aliphatic heterocycles. The average Bonchev–Trinajstić information content (AvgIpc) is 3.40. The number of rotatable bonds is 6. The topological polar surface area (TPSA) is 55.1 Å². The number of benzene rings is 2. The summed E-state index contributed by atoms with van der Waals surface area (Å²) in [6, 6.07) is 14.9. The van der Waals surface area contributed by atoms with Gasteiger partial charge in [0.25, 0.3) is 0 Å². The second-order valence-corrected chi connectivity index (χ2v) is 6.74. The summed E-state index contributed by atoms with van der Waals surface area (Å²) >= 11 is 0. The van der Waals surface area contributed by atoms with E-state index in [1.165, 1.54) is 16.3 Å². The van der Waals surface area contributed by atoms with Gasteiger partial charge in [0, 0.05) is 12.5 Å². The molecule has 122 valence electrons. The highest BCUT2D eigenvalue weighted by Crippen LogP contribution is 2.48. The highest BCUT2D eigenvalue weighted by atomic mass is 16.2. The van der Waals surface area contributed by atoms with E-state index in [1.807, 2.05) is 0 Å². The SMILES string of the molecule is CCC(CC)(CN)NC(=O)C1CC1c1ccc2ccccc2c1. The van der Waals surface area contributed by atoms with Gasteiger partial charge in [0.2, 0.25) is 5.91 Å². The molecule has 2 aromatic rings. The first-order valence-corrected chi connectivity index (χ1v) is 8.63. The maximum absolute atomic E-state index is 12.6. The zero-order valence-electron chi connectivity index (χ0n) is 14.0. The van der Waals surface area contributed by atoms with Gasteiger partial charge in [-0.2, -0.15) is 0 Å². The van der Waals surface area contributed by atoms with Crippen LogP contribution in [0.4, 0.5) is 0 Å². The van der Waals surface area contributed by atoms with E-state index in [4.69, 9.17) is 5.73 Å². The van der Waals surface area contributed by atoms with Crippen molar-refractivity contribution in [3.63, 3.8) is 0 Å². The predicted molar refractivity (Wildman–Crippen MR) is 95.3 cm³/mol. The second-order valence-electron chi connectivity index (χ2n) is 6.74. The molecule has 3 N–H and O–H groups in total. The third-order valence-corrected chi connectivity index (χ3v) is 5.46. The highest BCUT2D eigenvalue weighted by Gasteiger charge is 2.45. The largest absolute Gasteiger partial charge is 0.349 e. The van der Waals surface area contributed by atoms with E-state index < -0.39 is 0 Å². The zero-order valence-corrected chi connectivity index (χ0v) is 14.0. The van der Waals surface area contributed by atoms with Crippen molar-refractivity contribution in [3.8, 4) is 0 Å². The quantitative estimate of drug-likeness (QED) is 0.857. The van der Waals surface area contributed by atoms with Gasteiger partial charge >= 0.3 is 0 Å². The van der Waals surface area contributed by atoms with Gasteiger partial charge in [-0.15, -0.1) is 0 Å². The molecule has 3 nitrogen and oxygen atoms in total. The van der Waals surface area contributed by atoms with Crippen molar-refractivity contribution in [2.75, 3.05) is 6.54 Å². The van der Waals surface area contributed by atoms with Crippen molar-refractivity contribution in [1.29, 1.82) is 0 Å². The van der Waals surface area contributed by atoms with Crippen LogP contribution in [0, 0.1) is 5.92 Å². The minimum Gasteiger partial charge on any atom is -0.349 e. The van der Waals surface area contributed by atoms with Gasteiger partial charge in [0.1, 0.15) is 0 Å². The standard InChI is InChI=1S/C20H26N2O/c1-3-20(4-2,13-21)22-19(23)18-12-17(18)16-10-9-14-7-5-6-8-15(14)11-16/h5-11,17-18H,3-4,12-13,21H2,1-2H3,(H,22,23). The number of hydrogen-bond donors (Lipinski definition) is 2. The number of carbonyl (C=O) groups excluding carboxylic acids is 1. The molecule has 2 aromatic carbocycles. The van der Waals surface area contributed by atoms with Crippen LogP contribution in [0.5, 0.6) is 0 Å². The predicted octanol–water partition coefficient (Wildman–Crippen LogP) is 3.58. The Morgan fingerprint density at radius 3 is 2.52 bits per heavy atom. The third-order valence-electron chi connectivity index (χ3n) is 5.46. The summed E-state index contributed by atoms with van der Waals surface area (Å²) < 4.78 is 0. The first-order chi connectivity index (χ1) is 11.1. The summed E-state index contributed by atoms with van der Waals surface area (Å²) in [5, 5.41) is 5.71. The van der Waals surface area contributed by atoms with E-state index >= 15 is 0 Å². The minimum atomic E-state index is -0.242. The lowest BCUT2D eigenvalue weighted by molar-refractivity contribution is -0.124. The van der Waals surface area contributed by atoms with Crippen LogP contribution in [0.1, 0.15) is 44.6 Å². The molecule has 0 heterocycles. The van der Waals surface area contributed by atoms with E-state index in [1.54, 1.807) is 0 Å². The molecular weight excluding hydrogens is 284 g/mol. The van der Waals surface area contributed by atoms with Gasteiger partial charge in [-0.1, -0.05) is 56.3 Å². The Hall–Kier alpha value is -1.87. The van der Waals surface area contributed by atoms with Crippen molar-refractivity contribution in [2.45, 2.75) is 44.6 Å². The van der Waals surface area contributed by atoms with E-state index in [9.17, 15) is 4.79 Å². The number of amides is 1. The van der Waals surface area contributed by atoms with Gasteiger partial charge in [-0.3, -0.25) is 4.79 Å². The van der Waals surface area contributed by atoms with Crippen LogP contribution < -0.4 is 11.1 Å². The lowest BCUT2D eigenvalue weighted by Gasteiger charge is -2.31. The molecule has 0 saturated heterocycles. The van der Waals surface area contributed by atoms with E-state index in [2.05, 4.69) is 61.6 Å². The normalized spacial score (nSPS) is 20.5. The number of carbonyl (C=O) groups is 1. The lowest BCUT2D eigenvalue weighted by atomic mass is 9.92. The van der Waals surface area contributed by atoms with Crippen molar-refractivity contribution >= 4 is 16.7 Å². The third kappa shape index (κ3) is 3.11. The van der Waals surface area contributed by atoms with Crippen LogP contribution in [0.3, 0.4) is 0 Å². The van der Waals surface area contributed by atoms with Gasteiger partial charge in [0.05, 0.1) is 5.54 Å². The number of hydrogen-bond acceptors (Lipinski definition) is 2. The zero-order chi connectivity index (χ0) is 16.4. The molecule has 1 saturated carbocycles. The van der Waals surface area contributed by atoms with Crippen LogP contribution in [0.2, 0.25) is 0 Å². The fourth-order valence-corrected chi connectivity index (χ4v) is 3.41. The molecule has 1 amide bonds. The van der Waals surface area contributed by atoms with Crippen LogP contribution in [0.25, 0.3) is 10.8 Å². The van der Waals surface area contributed by atoms with E-state index in [0.29, 0.717) is 12.5 Å². The maximum Gasteiger partial charge on any atom is 0.224 e. The van der Waals surface area contributed by atoms with Crippen molar-refractivity contribution in [2.24, 2.45) is 11.7 Å². The fourth-order valence-electron chi connectivity index (χ4n) is 3.41. The maximum atomic E-state index is 12.6. The van der Waals surface area contributed by atoms with Gasteiger partial charge in [-0.05, 0) is 41.5 Å². The van der Waals surface area contributed by atoms with Crippen LogP contribution >= 0.6 is 0 Å². The van der Waals surface area contributed by atoms with E-state index in [-0.39, 0.29) is 17.4 Å². The van der Waals surface area contributed by atoms with E-state index in [0.717, 1.165) is 19.3 Å². The molecule has 3 rings (SSSR count). The summed E-state index contributed by atoms with van der Waals surface area (Å²) in [6.45, 7) is 4.67. The van der Waals surface area contributed by atoms with Crippen molar-refractivity contribution in [3.05, 3.63) is 48.0 Å². The lowest BCUT2D eigenvalue weighted by Crippen LogP contribution is -2.53. The summed E-state index contributed by atoms with van der Waals surface area (Å²) in [7, 11) is 0. The molecule has 2 unspecified atom stereocenters. The summed E-state index contributed by atoms with van der Waals surface area (Å²) in [4.78, 5) is 12.6. The molecule has 23 heavy (non-hydrogen) atoms. The smallest absolute Gasteiger partial charge is 0.224 e. The summed E-state index contributed by atoms with van der Waals surface area (Å²) in [5.74, 6) is 0.612. The first kappa shape index (κ1) is 16.0. The molecule has 1 aliphatic rings. The van der Waals surface area contributed by atoms with Crippen molar-refractivity contribution in [1.82, 2.24) is 5.32 Å². The first-order valence-electron chi connectivity index (χ1n) is 8.63. The number of fused-ring (bicyclic) bond motifs is 1. The average molecular weight is 310 g/mol. The molecule has 0 bridgehead atoms. The van der Waals surface area contributed by atoms with Gasteiger partial charge in [-0.25, -0.2) is 0 Å². The monoisotopic (exact) mass is 310 g/mol. The Morgan fingerprint density at radius 2 is 1.87 bits per heavy atom. The molecule has 3 heteroatoms. The molecule has 0 radical (unpaired) electrons. The molecular formula is C20H26N2O. The second kappa shape index (κ2) is 6.32. The van der Waals surface area contributed by atoms with Gasteiger partial charge < -0.3 is 11.1 Å². The highest BCUT2D eigenvalue weighted by molar-refractivity contribution is 5.86. The number of nitrogens with two attached hydrogens (primary N) is 1. The fraction of sp³-hybridized carbons (Fsp3) is 0.450. The van der Waals surface area contributed by atoms with Crippen LogP contribution in [-0.2, 0) is 4.79 Å². The Balaban J connectivity index is 1.71. The Bertz CT molecular complexity index is 697.